The Bertz CT molecular complexity index is 895. The van der Waals surface area contributed by atoms with Gasteiger partial charge in [-0.2, -0.15) is 11.8 Å². The number of furan rings is 1. The first-order valence-corrected chi connectivity index (χ1v) is 13.1. The minimum Gasteiger partial charge on any atom is -0.468 e. The van der Waals surface area contributed by atoms with Crippen molar-refractivity contribution in [2.45, 2.75) is 24.3 Å². The van der Waals surface area contributed by atoms with Gasteiger partial charge in [-0.3, -0.25) is 4.79 Å². The Morgan fingerprint density at radius 2 is 2.03 bits per heavy atom. The third-order valence-corrected chi connectivity index (χ3v) is 8.15. The SMILES string of the molecule is O=C(NCCSCc1ccco1)C1CCN(S(=O)(=O)Cc2cccc(Br)c2)CC1. The highest BCUT2D eigenvalue weighted by Crippen LogP contribution is 2.23. The van der Waals surface area contributed by atoms with E-state index >= 15 is 0 Å². The fourth-order valence-corrected chi connectivity index (χ4v) is 6.04. The van der Waals surface area contributed by atoms with E-state index in [4.69, 9.17) is 4.42 Å². The van der Waals surface area contributed by atoms with Crippen LogP contribution in [0.25, 0.3) is 0 Å². The monoisotopic (exact) mass is 500 g/mol. The maximum Gasteiger partial charge on any atom is 0.223 e. The molecule has 0 saturated carbocycles. The van der Waals surface area contributed by atoms with Gasteiger partial charge in [-0.1, -0.05) is 28.1 Å². The van der Waals surface area contributed by atoms with Gasteiger partial charge in [0, 0.05) is 35.8 Å². The minimum absolute atomic E-state index is 0.0177. The molecule has 0 radical (unpaired) electrons. The average Bonchev–Trinajstić information content (AvgIpc) is 3.21. The molecule has 1 amide bonds. The summed E-state index contributed by atoms with van der Waals surface area (Å²) in [6.45, 7) is 1.38. The van der Waals surface area contributed by atoms with Gasteiger partial charge in [0.2, 0.25) is 15.9 Å². The molecule has 0 spiro atoms. The number of thioether (sulfide) groups is 1. The second kappa shape index (κ2) is 10.7. The Labute approximate surface area is 184 Å². The van der Waals surface area contributed by atoms with Crippen molar-refractivity contribution >= 4 is 43.6 Å². The van der Waals surface area contributed by atoms with Gasteiger partial charge in [0.25, 0.3) is 0 Å². The third-order valence-electron chi connectivity index (χ3n) is 4.83. The number of amides is 1. The van der Waals surface area contributed by atoms with Gasteiger partial charge in [0.05, 0.1) is 17.8 Å². The lowest BCUT2D eigenvalue weighted by molar-refractivity contribution is -0.125. The van der Waals surface area contributed by atoms with Crippen LogP contribution in [0.4, 0.5) is 0 Å². The van der Waals surface area contributed by atoms with E-state index in [2.05, 4.69) is 21.2 Å². The molecule has 29 heavy (non-hydrogen) atoms. The van der Waals surface area contributed by atoms with E-state index in [0.29, 0.717) is 32.5 Å². The summed E-state index contributed by atoms with van der Waals surface area (Å²) in [7, 11) is -3.38. The van der Waals surface area contributed by atoms with Crippen molar-refractivity contribution in [1.82, 2.24) is 9.62 Å². The smallest absolute Gasteiger partial charge is 0.223 e. The number of hydrogen-bond donors (Lipinski definition) is 1. The van der Waals surface area contributed by atoms with Crippen LogP contribution in [0, 0.1) is 5.92 Å². The molecule has 1 saturated heterocycles. The molecular weight excluding hydrogens is 476 g/mol. The van der Waals surface area contributed by atoms with Gasteiger partial charge in [-0.05, 0) is 42.7 Å². The lowest BCUT2D eigenvalue weighted by Crippen LogP contribution is -2.43. The topological polar surface area (TPSA) is 79.6 Å². The highest BCUT2D eigenvalue weighted by Gasteiger charge is 2.31. The molecule has 1 N–H and O–H groups in total. The van der Waals surface area contributed by atoms with E-state index in [1.807, 2.05) is 36.4 Å². The Balaban J connectivity index is 1.38. The van der Waals surface area contributed by atoms with Crippen molar-refractivity contribution in [2.75, 3.05) is 25.4 Å². The number of benzene rings is 1. The summed E-state index contributed by atoms with van der Waals surface area (Å²) in [4.78, 5) is 12.4. The second-order valence-corrected chi connectivity index (χ2v) is 11.0. The van der Waals surface area contributed by atoms with Gasteiger partial charge in [0.1, 0.15) is 5.76 Å². The molecule has 0 aliphatic carbocycles. The van der Waals surface area contributed by atoms with E-state index in [9.17, 15) is 13.2 Å². The lowest BCUT2D eigenvalue weighted by atomic mass is 9.97. The van der Waals surface area contributed by atoms with Crippen LogP contribution in [0.1, 0.15) is 24.2 Å². The fraction of sp³-hybridized carbons (Fsp3) is 0.450. The van der Waals surface area contributed by atoms with Crippen LogP contribution in [0.5, 0.6) is 0 Å². The maximum absolute atomic E-state index is 12.7. The highest BCUT2D eigenvalue weighted by atomic mass is 79.9. The zero-order valence-electron chi connectivity index (χ0n) is 16.1. The van der Waals surface area contributed by atoms with Crippen molar-refractivity contribution in [3.8, 4) is 0 Å². The van der Waals surface area contributed by atoms with Gasteiger partial charge < -0.3 is 9.73 Å². The van der Waals surface area contributed by atoms with Crippen LogP contribution < -0.4 is 5.32 Å². The first kappa shape index (κ1) is 22.4. The number of carbonyl (C=O) groups is 1. The molecule has 0 atom stereocenters. The normalized spacial score (nSPS) is 16.0. The average molecular weight is 501 g/mol. The van der Waals surface area contributed by atoms with Crippen LogP contribution in [-0.4, -0.2) is 44.0 Å². The zero-order chi connectivity index (χ0) is 20.7. The van der Waals surface area contributed by atoms with Crippen molar-refractivity contribution < 1.29 is 17.6 Å². The standard InChI is InChI=1S/C20H25BrN2O4S2/c21-18-4-1-3-16(13-18)15-29(25,26)23-9-6-17(7-10-23)20(24)22-8-12-28-14-19-5-2-11-27-19/h1-5,11,13,17H,6-10,12,14-15H2,(H,22,24). The van der Waals surface area contributed by atoms with Crippen molar-refractivity contribution in [3.63, 3.8) is 0 Å². The first-order chi connectivity index (χ1) is 13.9. The summed E-state index contributed by atoms with van der Waals surface area (Å²) in [5.74, 6) is 2.41. The molecule has 6 nitrogen and oxygen atoms in total. The number of carbonyl (C=O) groups excluding carboxylic acids is 1. The van der Waals surface area contributed by atoms with Crippen LogP contribution in [0.15, 0.2) is 51.6 Å². The van der Waals surface area contributed by atoms with Crippen LogP contribution in [0.2, 0.25) is 0 Å². The van der Waals surface area contributed by atoms with Gasteiger partial charge >= 0.3 is 0 Å². The fourth-order valence-electron chi connectivity index (χ4n) is 3.28. The molecule has 0 bridgehead atoms. The number of hydrogen-bond acceptors (Lipinski definition) is 5. The first-order valence-electron chi connectivity index (χ1n) is 9.54. The van der Waals surface area contributed by atoms with E-state index in [1.165, 1.54) is 4.31 Å². The number of rotatable bonds is 9. The molecule has 3 rings (SSSR count). The summed E-state index contributed by atoms with van der Waals surface area (Å²) >= 11 is 5.08. The van der Waals surface area contributed by atoms with E-state index in [-0.39, 0.29) is 17.6 Å². The summed E-state index contributed by atoms with van der Waals surface area (Å²) in [6.07, 6.45) is 2.77. The molecule has 1 aliphatic heterocycles. The quantitative estimate of drug-likeness (QED) is 0.531. The van der Waals surface area contributed by atoms with Crippen LogP contribution >= 0.6 is 27.7 Å². The molecule has 9 heteroatoms. The summed E-state index contributed by atoms with van der Waals surface area (Å²) in [5, 5.41) is 2.97. The number of sulfonamides is 1. The molecular formula is C20H25BrN2O4S2. The Kier molecular flexibility index (Phi) is 8.23. The Morgan fingerprint density at radius 3 is 2.72 bits per heavy atom. The van der Waals surface area contributed by atoms with Crippen LogP contribution in [0.3, 0.4) is 0 Å². The largest absolute Gasteiger partial charge is 0.468 e. The molecule has 0 unspecified atom stereocenters. The van der Waals surface area contributed by atoms with E-state index in [0.717, 1.165) is 27.3 Å². The minimum atomic E-state index is -3.38. The molecule has 1 fully saturated rings. The number of halogens is 1. The Morgan fingerprint density at radius 1 is 1.24 bits per heavy atom. The van der Waals surface area contributed by atoms with Crippen molar-refractivity contribution in [2.24, 2.45) is 5.92 Å². The second-order valence-electron chi connectivity index (χ2n) is 6.98. The lowest BCUT2D eigenvalue weighted by Gasteiger charge is -2.30. The number of nitrogens with one attached hydrogen (secondary N) is 1. The molecule has 1 aliphatic rings. The highest BCUT2D eigenvalue weighted by molar-refractivity contribution is 9.10. The zero-order valence-corrected chi connectivity index (χ0v) is 19.3. The predicted molar refractivity (Wildman–Crippen MR) is 119 cm³/mol. The predicted octanol–water partition coefficient (Wildman–Crippen LogP) is 3.63. The maximum atomic E-state index is 12.7. The van der Waals surface area contributed by atoms with Crippen LogP contribution in [-0.2, 0) is 26.3 Å². The Hall–Kier alpha value is -1.29. The van der Waals surface area contributed by atoms with Gasteiger partial charge in [-0.25, -0.2) is 12.7 Å². The van der Waals surface area contributed by atoms with Crippen molar-refractivity contribution in [1.29, 1.82) is 0 Å². The number of piperidine rings is 1. The molecule has 1 aromatic heterocycles. The summed E-state index contributed by atoms with van der Waals surface area (Å²) < 4.78 is 33.0. The van der Waals surface area contributed by atoms with E-state index < -0.39 is 10.0 Å². The molecule has 2 heterocycles. The summed E-state index contributed by atoms with van der Waals surface area (Å²) in [5.41, 5.74) is 0.756. The summed E-state index contributed by atoms with van der Waals surface area (Å²) in [6, 6.07) is 11.1. The van der Waals surface area contributed by atoms with Gasteiger partial charge in [-0.15, -0.1) is 0 Å². The number of nitrogens with zero attached hydrogens (tertiary/aromatic N) is 1. The molecule has 158 valence electrons. The van der Waals surface area contributed by atoms with Gasteiger partial charge in [0.15, 0.2) is 0 Å². The van der Waals surface area contributed by atoms with E-state index in [1.54, 1.807) is 18.0 Å². The van der Waals surface area contributed by atoms with Crippen molar-refractivity contribution in [3.05, 3.63) is 58.5 Å². The molecule has 1 aromatic carbocycles. The molecule has 2 aromatic rings. The third kappa shape index (κ3) is 6.87.